The molecule has 2 aromatic rings. The maximum atomic E-state index is 12.7. The maximum absolute atomic E-state index is 12.7. The first-order valence-corrected chi connectivity index (χ1v) is 11.9. The Morgan fingerprint density at radius 1 is 1.21 bits per heavy atom. The standard InChI is InChI=1S/C25H32N4O4/c1-18(14-29-12-2-11-26-29)24(31)27-20-7-9-25(10-8-20)15-28(16-25)23(30)6-4-19-3-5-21-22(13-19)33-17-32-21/h2-3,5,11-13,18,20H,4,6-10,14-17H2,1H3,(H,27,31). The maximum Gasteiger partial charge on any atom is 0.231 e. The fourth-order valence-electron chi connectivity index (χ4n) is 5.25. The van der Waals surface area contributed by atoms with Crippen LogP contribution in [0.3, 0.4) is 0 Å². The molecule has 1 N–H and O–H groups in total. The molecule has 0 bridgehead atoms. The third-order valence-corrected chi connectivity index (χ3v) is 7.33. The van der Waals surface area contributed by atoms with Gasteiger partial charge in [0.25, 0.3) is 0 Å². The molecule has 2 fully saturated rings. The van der Waals surface area contributed by atoms with E-state index in [4.69, 9.17) is 9.47 Å². The number of rotatable bonds is 7. The molecule has 1 atom stereocenters. The van der Waals surface area contributed by atoms with Crippen LogP contribution in [0.15, 0.2) is 36.7 Å². The zero-order valence-corrected chi connectivity index (χ0v) is 19.2. The molecule has 3 aliphatic rings. The topological polar surface area (TPSA) is 85.7 Å². The molecule has 33 heavy (non-hydrogen) atoms. The van der Waals surface area contributed by atoms with Crippen molar-refractivity contribution in [2.45, 2.75) is 58.0 Å². The van der Waals surface area contributed by atoms with Gasteiger partial charge in [-0.15, -0.1) is 0 Å². The van der Waals surface area contributed by atoms with Crippen molar-refractivity contribution in [3.05, 3.63) is 42.2 Å². The molecule has 1 unspecified atom stereocenters. The fraction of sp³-hybridized carbons (Fsp3) is 0.560. The number of nitrogens with one attached hydrogen (secondary N) is 1. The minimum absolute atomic E-state index is 0.0976. The van der Waals surface area contributed by atoms with Crippen molar-refractivity contribution >= 4 is 11.8 Å². The predicted molar refractivity (Wildman–Crippen MR) is 122 cm³/mol. The zero-order valence-electron chi connectivity index (χ0n) is 19.2. The van der Waals surface area contributed by atoms with Crippen LogP contribution in [0.4, 0.5) is 0 Å². The Bertz CT molecular complexity index is 990. The van der Waals surface area contributed by atoms with Crippen LogP contribution in [0.25, 0.3) is 0 Å². The first-order valence-electron chi connectivity index (χ1n) is 11.9. The van der Waals surface area contributed by atoms with Crippen molar-refractivity contribution in [1.82, 2.24) is 20.0 Å². The average Bonchev–Trinajstić information content (AvgIpc) is 3.48. The van der Waals surface area contributed by atoms with Crippen LogP contribution in [0, 0.1) is 11.3 Å². The number of carbonyl (C=O) groups excluding carboxylic acids is 2. The Morgan fingerprint density at radius 3 is 2.76 bits per heavy atom. The van der Waals surface area contributed by atoms with Crippen LogP contribution >= 0.6 is 0 Å². The number of amides is 2. The van der Waals surface area contributed by atoms with E-state index in [1.807, 2.05) is 42.3 Å². The second-order valence-electron chi connectivity index (χ2n) is 9.85. The molecule has 1 aromatic heterocycles. The van der Waals surface area contributed by atoms with E-state index in [2.05, 4.69) is 10.4 Å². The third kappa shape index (κ3) is 4.84. The largest absolute Gasteiger partial charge is 0.454 e. The van der Waals surface area contributed by atoms with Gasteiger partial charge in [0.15, 0.2) is 11.5 Å². The lowest BCUT2D eigenvalue weighted by Gasteiger charge is -2.53. The number of nitrogens with zero attached hydrogens (tertiary/aromatic N) is 3. The van der Waals surface area contributed by atoms with E-state index in [-0.39, 0.29) is 36.0 Å². The summed E-state index contributed by atoms with van der Waals surface area (Å²) in [6, 6.07) is 7.99. The molecule has 2 aliphatic heterocycles. The number of hydrogen-bond donors (Lipinski definition) is 1. The fourth-order valence-corrected chi connectivity index (χ4v) is 5.25. The molecular formula is C25H32N4O4. The molecule has 1 spiro atoms. The molecule has 2 amide bonds. The van der Waals surface area contributed by atoms with Crippen LogP contribution in [-0.4, -0.2) is 52.4 Å². The molecule has 1 aliphatic carbocycles. The Hall–Kier alpha value is -3.03. The lowest BCUT2D eigenvalue weighted by molar-refractivity contribution is -0.146. The molecule has 0 radical (unpaired) electrons. The highest BCUT2D eigenvalue weighted by atomic mass is 16.7. The second-order valence-corrected chi connectivity index (χ2v) is 9.85. The van der Waals surface area contributed by atoms with Crippen LogP contribution in [0.2, 0.25) is 0 Å². The molecule has 3 heterocycles. The predicted octanol–water partition coefficient (Wildman–Crippen LogP) is 2.77. The Balaban J connectivity index is 1.02. The molecule has 5 rings (SSSR count). The van der Waals surface area contributed by atoms with E-state index in [1.54, 1.807) is 10.9 Å². The van der Waals surface area contributed by atoms with E-state index in [0.717, 1.165) is 55.8 Å². The van der Waals surface area contributed by atoms with Crippen LogP contribution in [-0.2, 0) is 22.6 Å². The molecule has 176 valence electrons. The smallest absolute Gasteiger partial charge is 0.231 e. The highest BCUT2D eigenvalue weighted by molar-refractivity contribution is 5.78. The summed E-state index contributed by atoms with van der Waals surface area (Å²) in [7, 11) is 0. The normalized spacial score (nSPS) is 19.8. The average molecular weight is 453 g/mol. The number of carbonyl (C=O) groups is 2. The zero-order chi connectivity index (χ0) is 22.8. The van der Waals surface area contributed by atoms with E-state index in [0.29, 0.717) is 19.4 Å². The van der Waals surface area contributed by atoms with Gasteiger partial charge < -0.3 is 19.7 Å². The van der Waals surface area contributed by atoms with E-state index in [9.17, 15) is 9.59 Å². The van der Waals surface area contributed by atoms with Gasteiger partial charge in [-0.1, -0.05) is 13.0 Å². The molecular weight excluding hydrogens is 420 g/mol. The van der Waals surface area contributed by atoms with Gasteiger partial charge in [-0.3, -0.25) is 14.3 Å². The van der Waals surface area contributed by atoms with Crippen molar-refractivity contribution in [3.8, 4) is 11.5 Å². The van der Waals surface area contributed by atoms with Gasteiger partial charge in [-0.05, 0) is 55.9 Å². The third-order valence-electron chi connectivity index (χ3n) is 7.33. The molecule has 1 saturated heterocycles. The van der Waals surface area contributed by atoms with Crippen LogP contribution in [0.1, 0.15) is 44.6 Å². The SMILES string of the molecule is CC(Cn1cccn1)C(=O)NC1CCC2(CC1)CN(C(=O)CCc1ccc3c(c1)OCO3)C2. The summed E-state index contributed by atoms with van der Waals surface area (Å²) in [5.41, 5.74) is 1.34. The highest BCUT2D eigenvalue weighted by Crippen LogP contribution is 2.44. The van der Waals surface area contributed by atoms with Gasteiger partial charge in [0, 0.05) is 43.4 Å². The summed E-state index contributed by atoms with van der Waals surface area (Å²) >= 11 is 0. The van der Waals surface area contributed by atoms with E-state index < -0.39 is 0 Å². The van der Waals surface area contributed by atoms with Gasteiger partial charge in [0.2, 0.25) is 18.6 Å². The summed E-state index contributed by atoms with van der Waals surface area (Å²) in [6.07, 6.45) is 8.95. The van der Waals surface area contributed by atoms with Gasteiger partial charge in [-0.25, -0.2) is 0 Å². The van der Waals surface area contributed by atoms with Crippen molar-refractivity contribution < 1.29 is 19.1 Å². The number of aromatic nitrogens is 2. The van der Waals surface area contributed by atoms with Crippen LogP contribution < -0.4 is 14.8 Å². The minimum atomic E-state index is -0.109. The molecule has 8 nitrogen and oxygen atoms in total. The monoisotopic (exact) mass is 452 g/mol. The summed E-state index contributed by atoms with van der Waals surface area (Å²) in [4.78, 5) is 27.2. The minimum Gasteiger partial charge on any atom is -0.454 e. The van der Waals surface area contributed by atoms with Gasteiger partial charge >= 0.3 is 0 Å². The quantitative estimate of drug-likeness (QED) is 0.698. The highest BCUT2D eigenvalue weighted by Gasteiger charge is 2.46. The Morgan fingerprint density at radius 2 is 2.00 bits per heavy atom. The van der Waals surface area contributed by atoms with Crippen molar-refractivity contribution in [1.29, 1.82) is 0 Å². The summed E-state index contributed by atoms with van der Waals surface area (Å²) in [5.74, 6) is 1.75. The number of benzene rings is 1. The molecule has 8 heteroatoms. The van der Waals surface area contributed by atoms with E-state index in [1.165, 1.54) is 0 Å². The number of aryl methyl sites for hydroxylation is 1. The van der Waals surface area contributed by atoms with Crippen molar-refractivity contribution in [2.75, 3.05) is 19.9 Å². The molecule has 1 saturated carbocycles. The van der Waals surface area contributed by atoms with E-state index >= 15 is 0 Å². The Labute approximate surface area is 194 Å². The number of likely N-dealkylation sites (tertiary alicyclic amines) is 1. The van der Waals surface area contributed by atoms with Gasteiger partial charge in [0.1, 0.15) is 0 Å². The van der Waals surface area contributed by atoms with Gasteiger partial charge in [-0.2, -0.15) is 5.10 Å². The molecule has 1 aromatic carbocycles. The van der Waals surface area contributed by atoms with Crippen LogP contribution in [0.5, 0.6) is 11.5 Å². The lowest BCUT2D eigenvalue weighted by atomic mass is 9.67. The number of fused-ring (bicyclic) bond motifs is 1. The second kappa shape index (κ2) is 9.08. The summed E-state index contributed by atoms with van der Waals surface area (Å²) in [5, 5.41) is 7.41. The first-order chi connectivity index (χ1) is 16.0. The van der Waals surface area contributed by atoms with Gasteiger partial charge in [0.05, 0.1) is 12.5 Å². The lowest BCUT2D eigenvalue weighted by Crippen LogP contribution is -2.60. The Kier molecular flexibility index (Phi) is 6.00. The number of ether oxygens (including phenoxy) is 2. The van der Waals surface area contributed by atoms with Crippen molar-refractivity contribution in [3.63, 3.8) is 0 Å². The summed E-state index contributed by atoms with van der Waals surface area (Å²) < 4.78 is 12.6. The summed E-state index contributed by atoms with van der Waals surface area (Å²) in [6.45, 7) is 4.51. The first kappa shape index (κ1) is 21.8. The van der Waals surface area contributed by atoms with Crippen molar-refractivity contribution in [2.24, 2.45) is 11.3 Å². The number of hydrogen-bond acceptors (Lipinski definition) is 5.